The van der Waals surface area contributed by atoms with Crippen molar-refractivity contribution in [1.82, 2.24) is 4.90 Å². The highest BCUT2D eigenvalue weighted by Crippen LogP contribution is 2.35. The van der Waals surface area contributed by atoms with Gasteiger partial charge in [0.2, 0.25) is 5.22 Å². The zero-order chi connectivity index (χ0) is 15.7. The molecule has 5 nitrogen and oxygen atoms in total. The van der Waals surface area contributed by atoms with Crippen molar-refractivity contribution in [3.8, 4) is 5.75 Å². The number of aliphatic hydroxyl groups is 1. The Morgan fingerprint density at radius 3 is 2.95 bits per heavy atom. The summed E-state index contributed by atoms with van der Waals surface area (Å²) in [4.78, 5) is 14.3. The van der Waals surface area contributed by atoms with Gasteiger partial charge in [-0.15, -0.1) is 0 Å². The Labute approximate surface area is 133 Å². The van der Waals surface area contributed by atoms with Gasteiger partial charge in [-0.1, -0.05) is 12.1 Å². The van der Waals surface area contributed by atoms with Crippen LogP contribution >= 0.6 is 11.6 Å². The number of hydrogen-bond acceptors (Lipinski definition) is 4. The Balaban J connectivity index is 1.92. The summed E-state index contributed by atoms with van der Waals surface area (Å²) in [6, 6.07) is 8.82. The van der Waals surface area contributed by atoms with Gasteiger partial charge in [0.15, 0.2) is 0 Å². The molecule has 2 aromatic rings. The molecule has 6 heteroatoms. The molecular formula is C16H16ClNO4. The van der Waals surface area contributed by atoms with Gasteiger partial charge in [-0.2, -0.15) is 0 Å². The molecule has 3 rings (SSSR count). The predicted molar refractivity (Wildman–Crippen MR) is 81.1 cm³/mol. The van der Waals surface area contributed by atoms with Crippen molar-refractivity contribution in [2.24, 2.45) is 0 Å². The fraction of sp³-hybridized carbons (Fsp3) is 0.312. The minimum Gasteiger partial charge on any atom is -0.497 e. The SMILES string of the molecule is COc1cccc([C@H]2C[C@@H](O)CN2C(=O)c2ccoc2Cl)c1. The van der Waals surface area contributed by atoms with Crippen LogP contribution in [0.4, 0.5) is 0 Å². The van der Waals surface area contributed by atoms with Crippen LogP contribution in [0.3, 0.4) is 0 Å². The Hall–Kier alpha value is -1.98. The number of methoxy groups -OCH3 is 1. The molecule has 1 amide bonds. The Morgan fingerprint density at radius 2 is 2.27 bits per heavy atom. The van der Waals surface area contributed by atoms with E-state index in [1.165, 1.54) is 12.3 Å². The number of amides is 1. The fourth-order valence-corrected chi connectivity index (χ4v) is 3.00. The number of carbonyl (C=O) groups excluding carboxylic acids is 1. The van der Waals surface area contributed by atoms with E-state index in [1.807, 2.05) is 24.3 Å². The number of carbonyl (C=O) groups is 1. The van der Waals surface area contributed by atoms with E-state index < -0.39 is 6.10 Å². The highest BCUT2D eigenvalue weighted by molar-refractivity contribution is 6.32. The molecule has 0 bridgehead atoms. The molecule has 0 unspecified atom stereocenters. The Morgan fingerprint density at radius 1 is 1.45 bits per heavy atom. The normalized spacial score (nSPS) is 21.1. The second-order valence-corrected chi connectivity index (χ2v) is 5.59. The lowest BCUT2D eigenvalue weighted by Gasteiger charge is -2.24. The van der Waals surface area contributed by atoms with E-state index >= 15 is 0 Å². The lowest BCUT2D eigenvalue weighted by atomic mass is 10.0. The van der Waals surface area contributed by atoms with Crippen molar-refractivity contribution >= 4 is 17.5 Å². The molecule has 1 aromatic heterocycles. The van der Waals surface area contributed by atoms with Crippen LogP contribution < -0.4 is 4.74 Å². The molecule has 1 aliphatic heterocycles. The molecular weight excluding hydrogens is 306 g/mol. The topological polar surface area (TPSA) is 62.9 Å². The minimum atomic E-state index is -0.564. The average Bonchev–Trinajstić information content (AvgIpc) is 3.12. The standard InChI is InChI=1S/C16H16ClNO4/c1-21-12-4-2-3-10(7-12)14-8-11(19)9-18(14)16(20)13-5-6-22-15(13)17/h2-7,11,14,19H,8-9H2,1H3/t11-,14-/m1/s1. The van der Waals surface area contributed by atoms with E-state index in [-0.39, 0.29) is 23.7 Å². The van der Waals surface area contributed by atoms with Crippen molar-refractivity contribution in [2.75, 3.05) is 13.7 Å². The first-order valence-electron chi connectivity index (χ1n) is 6.96. The highest BCUT2D eigenvalue weighted by Gasteiger charge is 2.36. The van der Waals surface area contributed by atoms with Crippen LogP contribution in [0.25, 0.3) is 0 Å². The van der Waals surface area contributed by atoms with E-state index in [0.29, 0.717) is 17.7 Å². The molecule has 0 spiro atoms. The van der Waals surface area contributed by atoms with Gasteiger partial charge in [0.05, 0.1) is 31.1 Å². The number of nitrogens with zero attached hydrogens (tertiary/aromatic N) is 1. The lowest BCUT2D eigenvalue weighted by molar-refractivity contribution is 0.0715. The number of rotatable bonds is 3. The quantitative estimate of drug-likeness (QED) is 0.944. The lowest BCUT2D eigenvalue weighted by Crippen LogP contribution is -2.31. The van der Waals surface area contributed by atoms with Crippen LogP contribution in [0, 0.1) is 0 Å². The molecule has 0 aliphatic carbocycles. The number of β-amino-alcohol motifs (C(OH)–C–C–N with tert-alkyl or cyclic N) is 1. The van der Waals surface area contributed by atoms with Gasteiger partial charge >= 0.3 is 0 Å². The van der Waals surface area contributed by atoms with E-state index in [2.05, 4.69) is 0 Å². The molecule has 1 N–H and O–H groups in total. The molecule has 116 valence electrons. The zero-order valence-corrected chi connectivity index (χ0v) is 12.8. The largest absolute Gasteiger partial charge is 0.497 e. The first-order valence-corrected chi connectivity index (χ1v) is 7.34. The number of benzene rings is 1. The van der Waals surface area contributed by atoms with Crippen LogP contribution in [-0.2, 0) is 0 Å². The van der Waals surface area contributed by atoms with Crippen LogP contribution in [0.15, 0.2) is 41.0 Å². The van der Waals surface area contributed by atoms with Crippen LogP contribution in [0.2, 0.25) is 5.22 Å². The summed E-state index contributed by atoms with van der Waals surface area (Å²) in [6.07, 6.45) is 1.29. The monoisotopic (exact) mass is 321 g/mol. The molecule has 1 saturated heterocycles. The van der Waals surface area contributed by atoms with Crippen molar-refractivity contribution in [3.05, 3.63) is 52.9 Å². The molecule has 2 heterocycles. The van der Waals surface area contributed by atoms with Crippen LogP contribution in [0.1, 0.15) is 28.4 Å². The number of ether oxygens (including phenoxy) is 1. The molecule has 1 aliphatic rings. The van der Waals surface area contributed by atoms with Gasteiger partial charge in [-0.3, -0.25) is 4.79 Å². The summed E-state index contributed by atoms with van der Waals surface area (Å²) >= 11 is 5.89. The maximum Gasteiger partial charge on any atom is 0.259 e. The van der Waals surface area contributed by atoms with Gasteiger partial charge in [-0.25, -0.2) is 0 Å². The maximum atomic E-state index is 12.7. The van der Waals surface area contributed by atoms with Gasteiger partial charge in [0.25, 0.3) is 5.91 Å². The maximum absolute atomic E-state index is 12.7. The third kappa shape index (κ3) is 2.69. The van der Waals surface area contributed by atoms with E-state index in [4.69, 9.17) is 20.8 Å². The fourth-order valence-electron chi connectivity index (χ4n) is 2.80. The molecule has 1 aromatic carbocycles. The number of furan rings is 1. The average molecular weight is 322 g/mol. The summed E-state index contributed by atoms with van der Waals surface area (Å²) in [5.41, 5.74) is 1.23. The van der Waals surface area contributed by atoms with Gasteiger partial charge < -0.3 is 19.2 Å². The highest BCUT2D eigenvalue weighted by atomic mass is 35.5. The molecule has 0 saturated carbocycles. The second kappa shape index (κ2) is 6.02. The smallest absolute Gasteiger partial charge is 0.259 e. The van der Waals surface area contributed by atoms with E-state index in [0.717, 1.165) is 5.56 Å². The molecule has 0 radical (unpaired) electrons. The molecule has 22 heavy (non-hydrogen) atoms. The number of halogens is 1. The summed E-state index contributed by atoms with van der Waals surface area (Å²) in [6.45, 7) is 0.266. The van der Waals surface area contributed by atoms with Gasteiger partial charge in [-0.05, 0) is 41.8 Å². The predicted octanol–water partition coefficient (Wildman–Crippen LogP) is 2.89. The molecule has 2 atom stereocenters. The first kappa shape index (κ1) is 14.9. The van der Waals surface area contributed by atoms with Crippen molar-refractivity contribution in [3.63, 3.8) is 0 Å². The Bertz CT molecular complexity index is 684. The number of likely N-dealkylation sites (tertiary alicyclic amines) is 1. The summed E-state index contributed by atoms with van der Waals surface area (Å²) in [7, 11) is 1.59. The van der Waals surface area contributed by atoms with Crippen molar-refractivity contribution < 1.29 is 19.1 Å². The molecule has 1 fully saturated rings. The third-order valence-electron chi connectivity index (χ3n) is 3.87. The summed E-state index contributed by atoms with van der Waals surface area (Å²) in [5, 5.41) is 10.1. The van der Waals surface area contributed by atoms with Crippen LogP contribution in [0.5, 0.6) is 5.75 Å². The number of hydrogen-bond donors (Lipinski definition) is 1. The van der Waals surface area contributed by atoms with Gasteiger partial charge in [0.1, 0.15) is 5.75 Å². The van der Waals surface area contributed by atoms with Crippen molar-refractivity contribution in [1.29, 1.82) is 0 Å². The van der Waals surface area contributed by atoms with Crippen LogP contribution in [-0.4, -0.2) is 35.7 Å². The van der Waals surface area contributed by atoms with Gasteiger partial charge in [0, 0.05) is 6.54 Å². The third-order valence-corrected chi connectivity index (χ3v) is 4.16. The first-order chi connectivity index (χ1) is 10.6. The van der Waals surface area contributed by atoms with Crippen molar-refractivity contribution in [2.45, 2.75) is 18.6 Å². The van der Waals surface area contributed by atoms with E-state index in [9.17, 15) is 9.90 Å². The number of aliphatic hydroxyl groups excluding tert-OH is 1. The zero-order valence-electron chi connectivity index (χ0n) is 12.0. The van der Waals surface area contributed by atoms with E-state index in [1.54, 1.807) is 12.0 Å². The minimum absolute atomic E-state index is 0.0655. The summed E-state index contributed by atoms with van der Waals surface area (Å²) < 4.78 is 10.2. The second-order valence-electron chi connectivity index (χ2n) is 5.25. The Kier molecular flexibility index (Phi) is 4.09. The summed E-state index contributed by atoms with van der Waals surface area (Å²) in [5.74, 6) is 0.468.